The van der Waals surface area contributed by atoms with E-state index in [0.29, 0.717) is 11.8 Å². The highest BCUT2D eigenvalue weighted by Gasteiger charge is 2.12. The molecule has 0 nitrogen and oxygen atoms in total. The lowest BCUT2D eigenvalue weighted by molar-refractivity contribution is 0.712. The van der Waals surface area contributed by atoms with Crippen molar-refractivity contribution in [3.05, 3.63) is 20.8 Å². The predicted molar refractivity (Wildman–Crippen MR) is 72.3 cm³/mol. The van der Waals surface area contributed by atoms with Gasteiger partial charge in [0.05, 0.1) is 9.90 Å². The molecule has 0 amide bonds. The lowest BCUT2D eigenvalue weighted by atomic mass is 10.1. The Morgan fingerprint density at radius 1 is 1.38 bits per heavy atom. The highest BCUT2D eigenvalue weighted by Crippen LogP contribution is 2.32. The summed E-state index contributed by atoms with van der Waals surface area (Å²) < 4.78 is 0. The average molecular weight is 253 g/mol. The van der Waals surface area contributed by atoms with Crippen molar-refractivity contribution in [2.75, 3.05) is 0 Å². The molecule has 86 valence electrons. The van der Waals surface area contributed by atoms with Gasteiger partial charge >= 0.3 is 0 Å². The molecule has 2 heteroatoms. The van der Waals surface area contributed by atoms with Gasteiger partial charge in [0.1, 0.15) is 0 Å². The number of halogens is 1. The van der Waals surface area contributed by atoms with Crippen LogP contribution in [0.15, 0.2) is 6.07 Å². The first-order valence-corrected chi connectivity index (χ1v) is 7.17. The molecule has 0 radical (unpaired) electrons. The summed E-state index contributed by atoms with van der Waals surface area (Å²) in [5, 5.41) is 0.885. The summed E-state index contributed by atoms with van der Waals surface area (Å²) >= 11 is 7.92. The molecule has 0 bridgehead atoms. The van der Waals surface area contributed by atoms with Crippen LogP contribution >= 0.6 is 22.9 Å². The van der Waals surface area contributed by atoms with E-state index in [0.717, 1.165) is 9.90 Å². The van der Waals surface area contributed by atoms with Crippen molar-refractivity contribution in [1.29, 1.82) is 0 Å². The topological polar surface area (TPSA) is 0 Å². The van der Waals surface area contributed by atoms with Gasteiger partial charge in [0.25, 0.3) is 0 Å². The van der Waals surface area contributed by atoms with E-state index in [9.17, 15) is 0 Å². The fourth-order valence-electron chi connectivity index (χ4n) is 2.08. The zero-order valence-corrected chi connectivity index (χ0v) is 11.4. The van der Waals surface area contributed by atoms with Crippen LogP contribution < -0.4 is 0 Å². The monoisotopic (exact) mass is 252 g/mol. The molecule has 0 aliphatic heterocycles. The highest BCUT2D eigenvalue weighted by molar-refractivity contribution is 7.13. The molecule has 2 rings (SSSR count). The van der Waals surface area contributed by atoms with Crippen LogP contribution in [0.2, 0.25) is 5.02 Å². The van der Waals surface area contributed by atoms with Crippen LogP contribution in [0.3, 0.4) is 0 Å². The molecule has 0 atom stereocenters. The maximum Gasteiger partial charge on any atom is 0.0786 e. The molecule has 1 aromatic heterocycles. The van der Waals surface area contributed by atoms with E-state index in [4.69, 9.17) is 11.6 Å². The van der Waals surface area contributed by atoms with Crippen LogP contribution in [0, 0.1) is 17.8 Å². The van der Waals surface area contributed by atoms with Gasteiger partial charge in [0.2, 0.25) is 0 Å². The van der Waals surface area contributed by atoms with Crippen LogP contribution in [0.4, 0.5) is 0 Å². The molecule has 16 heavy (non-hydrogen) atoms. The zero-order chi connectivity index (χ0) is 11.5. The molecule has 1 aliphatic rings. The second kappa shape index (κ2) is 5.25. The third kappa shape index (κ3) is 2.81. The van der Waals surface area contributed by atoms with E-state index in [1.165, 1.54) is 30.6 Å². The molecule has 1 aliphatic carbocycles. The minimum Gasteiger partial charge on any atom is -0.130 e. The number of hydrogen-bond acceptors (Lipinski definition) is 1. The van der Waals surface area contributed by atoms with E-state index in [1.807, 2.05) is 6.07 Å². The van der Waals surface area contributed by atoms with Gasteiger partial charge in [0, 0.05) is 10.8 Å². The molecule has 1 heterocycles. The van der Waals surface area contributed by atoms with E-state index < -0.39 is 0 Å². The lowest BCUT2D eigenvalue weighted by Crippen LogP contribution is -1.85. The highest BCUT2D eigenvalue weighted by atomic mass is 35.5. The molecule has 0 aromatic carbocycles. The van der Waals surface area contributed by atoms with Crippen molar-refractivity contribution in [3.8, 4) is 11.8 Å². The van der Waals surface area contributed by atoms with Crippen LogP contribution in [-0.2, 0) is 0 Å². The van der Waals surface area contributed by atoms with Crippen molar-refractivity contribution in [2.45, 2.75) is 45.4 Å². The van der Waals surface area contributed by atoms with Gasteiger partial charge < -0.3 is 0 Å². The number of thiophene rings is 1. The standard InChI is InChI=1S/C14H17ClS/c1-10(2)14-13(15)9-12(16-14)8-7-11-5-3-4-6-11/h9-11H,3-6H2,1-2H3. The first kappa shape index (κ1) is 12.0. The Morgan fingerprint density at radius 3 is 2.62 bits per heavy atom. The normalized spacial score (nSPS) is 16.5. The minimum atomic E-state index is 0.500. The quantitative estimate of drug-likeness (QED) is 0.613. The Hall–Kier alpha value is -0.450. The van der Waals surface area contributed by atoms with Gasteiger partial charge in [0.15, 0.2) is 0 Å². The maximum atomic E-state index is 6.18. The molecule has 0 spiro atoms. The van der Waals surface area contributed by atoms with Crippen molar-refractivity contribution in [1.82, 2.24) is 0 Å². The fraction of sp³-hybridized carbons (Fsp3) is 0.571. The SMILES string of the molecule is CC(C)c1sc(C#CC2CCCC2)cc1Cl. The van der Waals surface area contributed by atoms with Gasteiger partial charge in [-0.1, -0.05) is 50.1 Å². The largest absolute Gasteiger partial charge is 0.130 e. The van der Waals surface area contributed by atoms with Gasteiger partial charge in [-0.05, 0) is 24.8 Å². The average Bonchev–Trinajstić information content (AvgIpc) is 2.83. The Labute approximate surface area is 107 Å². The zero-order valence-electron chi connectivity index (χ0n) is 9.85. The predicted octanol–water partition coefficient (Wildman–Crippen LogP) is 5.07. The molecular weight excluding hydrogens is 236 g/mol. The van der Waals surface area contributed by atoms with Crippen molar-refractivity contribution >= 4 is 22.9 Å². The first-order chi connectivity index (χ1) is 7.66. The number of rotatable bonds is 1. The summed E-state index contributed by atoms with van der Waals surface area (Å²) in [6, 6.07) is 2.02. The smallest absolute Gasteiger partial charge is 0.0786 e. The fourth-order valence-corrected chi connectivity index (χ4v) is 3.51. The molecule has 0 saturated heterocycles. The Bertz CT molecular complexity index is 414. The van der Waals surface area contributed by atoms with Gasteiger partial charge in [-0.25, -0.2) is 0 Å². The summed E-state index contributed by atoms with van der Waals surface area (Å²) in [7, 11) is 0. The van der Waals surface area contributed by atoms with Crippen LogP contribution in [0.25, 0.3) is 0 Å². The Kier molecular flexibility index (Phi) is 3.95. The maximum absolute atomic E-state index is 6.18. The second-order valence-electron chi connectivity index (χ2n) is 4.73. The summed E-state index contributed by atoms with van der Waals surface area (Å²) in [6.07, 6.45) is 5.26. The van der Waals surface area contributed by atoms with Gasteiger partial charge in [-0.3, -0.25) is 0 Å². The molecule has 1 fully saturated rings. The minimum absolute atomic E-state index is 0.500. The summed E-state index contributed by atoms with van der Waals surface area (Å²) in [5.41, 5.74) is 0. The summed E-state index contributed by atoms with van der Waals surface area (Å²) in [5.74, 6) is 7.79. The molecule has 0 N–H and O–H groups in total. The number of hydrogen-bond donors (Lipinski definition) is 0. The van der Waals surface area contributed by atoms with E-state index in [1.54, 1.807) is 11.3 Å². The van der Waals surface area contributed by atoms with Crippen LogP contribution in [0.5, 0.6) is 0 Å². The van der Waals surface area contributed by atoms with E-state index >= 15 is 0 Å². The van der Waals surface area contributed by atoms with Crippen LogP contribution in [-0.4, -0.2) is 0 Å². The third-order valence-electron chi connectivity index (χ3n) is 2.99. The molecule has 1 aromatic rings. The summed E-state index contributed by atoms with van der Waals surface area (Å²) in [6.45, 7) is 4.35. The van der Waals surface area contributed by atoms with Gasteiger partial charge in [-0.2, -0.15) is 0 Å². The first-order valence-electron chi connectivity index (χ1n) is 5.97. The Balaban J connectivity index is 2.12. The second-order valence-corrected chi connectivity index (χ2v) is 6.22. The lowest BCUT2D eigenvalue weighted by Gasteiger charge is -1.99. The molecular formula is C14H17ClS. The van der Waals surface area contributed by atoms with E-state index in [2.05, 4.69) is 25.7 Å². The Morgan fingerprint density at radius 2 is 2.06 bits per heavy atom. The summed E-state index contributed by atoms with van der Waals surface area (Å²) in [4.78, 5) is 2.39. The van der Waals surface area contributed by atoms with E-state index in [-0.39, 0.29) is 0 Å². The van der Waals surface area contributed by atoms with Gasteiger partial charge in [-0.15, -0.1) is 11.3 Å². The van der Waals surface area contributed by atoms with Crippen molar-refractivity contribution in [2.24, 2.45) is 5.92 Å². The molecule has 0 unspecified atom stereocenters. The molecule has 1 saturated carbocycles. The third-order valence-corrected chi connectivity index (χ3v) is 4.77. The van der Waals surface area contributed by atoms with Crippen molar-refractivity contribution in [3.63, 3.8) is 0 Å². The van der Waals surface area contributed by atoms with Crippen LogP contribution in [0.1, 0.15) is 55.2 Å². The van der Waals surface area contributed by atoms with Crippen molar-refractivity contribution < 1.29 is 0 Å².